The largest absolute Gasteiger partial charge is 0.378 e. The van der Waals surface area contributed by atoms with Crippen LogP contribution in [0, 0.1) is 10.1 Å². The van der Waals surface area contributed by atoms with E-state index < -0.39 is 4.92 Å². The topological polar surface area (TPSA) is 106 Å². The van der Waals surface area contributed by atoms with E-state index in [1.165, 1.54) is 6.33 Å². The number of nitrogens with zero attached hydrogens (tertiary/aromatic N) is 5. The number of nitro groups is 1. The van der Waals surface area contributed by atoms with Crippen LogP contribution in [0.5, 0.6) is 0 Å². The van der Waals surface area contributed by atoms with Crippen molar-refractivity contribution >= 4 is 23.0 Å². The third-order valence-corrected chi connectivity index (χ3v) is 3.22. The number of hydrogen-bond donors (Lipinski definition) is 1. The Hall–Kier alpha value is -2.81. The summed E-state index contributed by atoms with van der Waals surface area (Å²) in [5.41, 5.74) is 0.477. The van der Waals surface area contributed by atoms with Crippen LogP contribution < -0.4 is 10.2 Å². The van der Waals surface area contributed by atoms with Gasteiger partial charge in [-0.05, 0) is 12.1 Å². The van der Waals surface area contributed by atoms with Crippen LogP contribution in [0.4, 0.5) is 23.0 Å². The van der Waals surface area contributed by atoms with E-state index in [2.05, 4.69) is 20.3 Å². The van der Waals surface area contributed by atoms with Crippen molar-refractivity contribution in [3.05, 3.63) is 41.0 Å². The average molecular weight is 302 g/mol. The van der Waals surface area contributed by atoms with Gasteiger partial charge < -0.3 is 15.0 Å². The molecule has 2 aromatic rings. The highest BCUT2D eigenvalue weighted by molar-refractivity contribution is 5.74. The molecule has 1 N–H and O–H groups in total. The van der Waals surface area contributed by atoms with Crippen LogP contribution >= 0.6 is 0 Å². The van der Waals surface area contributed by atoms with E-state index in [1.54, 1.807) is 24.5 Å². The zero-order valence-electron chi connectivity index (χ0n) is 11.7. The molecule has 9 nitrogen and oxygen atoms in total. The van der Waals surface area contributed by atoms with Crippen molar-refractivity contribution in [2.24, 2.45) is 0 Å². The second kappa shape index (κ2) is 6.31. The van der Waals surface area contributed by atoms with E-state index in [0.29, 0.717) is 37.8 Å². The summed E-state index contributed by atoms with van der Waals surface area (Å²) in [6.07, 6.45) is 4.51. The Morgan fingerprint density at radius 2 is 2.14 bits per heavy atom. The number of morpholine rings is 1. The molecule has 3 heterocycles. The number of pyridine rings is 1. The Morgan fingerprint density at radius 1 is 1.32 bits per heavy atom. The van der Waals surface area contributed by atoms with Crippen LogP contribution in [0.1, 0.15) is 0 Å². The molecule has 3 rings (SSSR count). The van der Waals surface area contributed by atoms with Crippen LogP contribution in [0.3, 0.4) is 0 Å². The molecule has 1 fully saturated rings. The van der Waals surface area contributed by atoms with Crippen LogP contribution in [0.25, 0.3) is 0 Å². The summed E-state index contributed by atoms with van der Waals surface area (Å²) < 4.78 is 5.27. The molecule has 0 aromatic carbocycles. The molecule has 1 saturated heterocycles. The predicted molar refractivity (Wildman–Crippen MR) is 79.2 cm³/mol. The number of aromatic nitrogens is 3. The maximum atomic E-state index is 11.5. The molecule has 0 aliphatic carbocycles. The second-order valence-corrected chi connectivity index (χ2v) is 4.62. The van der Waals surface area contributed by atoms with Gasteiger partial charge in [0, 0.05) is 19.3 Å². The highest BCUT2D eigenvalue weighted by atomic mass is 16.6. The van der Waals surface area contributed by atoms with Crippen molar-refractivity contribution in [3.63, 3.8) is 0 Å². The first kappa shape index (κ1) is 14.1. The van der Waals surface area contributed by atoms with E-state index in [0.717, 1.165) is 0 Å². The maximum absolute atomic E-state index is 11.5. The number of ether oxygens (including phenoxy) is 1. The number of hydrogen-bond acceptors (Lipinski definition) is 8. The fourth-order valence-corrected chi connectivity index (χ4v) is 2.21. The molecule has 0 radical (unpaired) electrons. The van der Waals surface area contributed by atoms with E-state index in [9.17, 15) is 10.1 Å². The van der Waals surface area contributed by atoms with Crippen molar-refractivity contribution in [2.75, 3.05) is 36.5 Å². The lowest BCUT2D eigenvalue weighted by Gasteiger charge is -2.27. The number of anilines is 3. The van der Waals surface area contributed by atoms with Gasteiger partial charge in [-0.25, -0.2) is 9.97 Å². The molecule has 22 heavy (non-hydrogen) atoms. The Balaban J connectivity index is 1.97. The van der Waals surface area contributed by atoms with E-state index in [4.69, 9.17) is 4.74 Å². The zero-order chi connectivity index (χ0) is 15.4. The summed E-state index contributed by atoms with van der Waals surface area (Å²) in [5, 5.41) is 14.4. The quantitative estimate of drug-likeness (QED) is 0.666. The molecule has 0 spiro atoms. The number of nitrogens with one attached hydrogen (secondary N) is 1. The molecule has 9 heteroatoms. The first-order valence-electron chi connectivity index (χ1n) is 6.75. The summed E-state index contributed by atoms with van der Waals surface area (Å²) in [6.45, 7) is 2.16. The lowest BCUT2D eigenvalue weighted by Crippen LogP contribution is -2.37. The van der Waals surface area contributed by atoms with Gasteiger partial charge in [0.05, 0.1) is 30.0 Å². The predicted octanol–water partition coefficient (Wildman–Crippen LogP) is 1.36. The normalized spacial score (nSPS) is 14.6. The van der Waals surface area contributed by atoms with Crippen LogP contribution in [0.15, 0.2) is 30.9 Å². The van der Waals surface area contributed by atoms with E-state index in [1.807, 2.05) is 4.90 Å². The third-order valence-electron chi connectivity index (χ3n) is 3.22. The summed E-state index contributed by atoms with van der Waals surface area (Å²) >= 11 is 0. The van der Waals surface area contributed by atoms with Gasteiger partial charge in [0.1, 0.15) is 6.33 Å². The monoisotopic (exact) mass is 302 g/mol. The first-order chi connectivity index (χ1) is 10.8. The second-order valence-electron chi connectivity index (χ2n) is 4.62. The zero-order valence-corrected chi connectivity index (χ0v) is 11.7. The molecule has 0 unspecified atom stereocenters. The van der Waals surface area contributed by atoms with Gasteiger partial charge in [-0.2, -0.15) is 0 Å². The van der Waals surface area contributed by atoms with E-state index >= 15 is 0 Å². The Morgan fingerprint density at radius 3 is 2.82 bits per heavy atom. The standard InChI is InChI=1S/C13H14N6O3/c20-19(21)11-12(17-10-2-1-3-14-8-10)15-9-16-13(11)18-4-6-22-7-5-18/h1-3,8-9H,4-7H2,(H,15,16,17). The summed E-state index contributed by atoms with van der Waals surface area (Å²) in [4.78, 5) is 24.9. The molecule has 1 aliphatic rings. The van der Waals surface area contributed by atoms with Gasteiger partial charge in [0.25, 0.3) is 0 Å². The van der Waals surface area contributed by atoms with Gasteiger partial charge in [0.2, 0.25) is 11.6 Å². The summed E-state index contributed by atoms with van der Waals surface area (Å²) in [6, 6.07) is 3.49. The van der Waals surface area contributed by atoms with Gasteiger partial charge in [-0.3, -0.25) is 15.1 Å². The van der Waals surface area contributed by atoms with Crippen molar-refractivity contribution < 1.29 is 9.66 Å². The molecule has 2 aromatic heterocycles. The summed E-state index contributed by atoms with van der Waals surface area (Å²) in [5.74, 6) is 0.448. The van der Waals surface area contributed by atoms with Gasteiger partial charge in [-0.15, -0.1) is 0 Å². The van der Waals surface area contributed by atoms with Crippen LogP contribution in [-0.4, -0.2) is 46.2 Å². The molecular formula is C13H14N6O3. The average Bonchev–Trinajstić information content (AvgIpc) is 2.56. The molecule has 0 bridgehead atoms. The van der Waals surface area contributed by atoms with Crippen molar-refractivity contribution in [2.45, 2.75) is 0 Å². The molecule has 0 amide bonds. The van der Waals surface area contributed by atoms with Crippen LogP contribution in [-0.2, 0) is 4.74 Å². The SMILES string of the molecule is O=[N+]([O-])c1c(Nc2cccnc2)ncnc1N1CCOCC1. The lowest BCUT2D eigenvalue weighted by molar-refractivity contribution is -0.383. The first-order valence-corrected chi connectivity index (χ1v) is 6.75. The maximum Gasteiger partial charge on any atom is 0.353 e. The Labute approximate surface area is 126 Å². The van der Waals surface area contributed by atoms with Crippen molar-refractivity contribution in [1.82, 2.24) is 15.0 Å². The smallest absolute Gasteiger partial charge is 0.353 e. The Kier molecular flexibility index (Phi) is 4.05. The third kappa shape index (κ3) is 2.93. The number of rotatable bonds is 4. The molecule has 1 aliphatic heterocycles. The lowest BCUT2D eigenvalue weighted by atomic mass is 10.3. The van der Waals surface area contributed by atoms with Gasteiger partial charge in [0.15, 0.2) is 0 Å². The van der Waals surface area contributed by atoms with Crippen LogP contribution in [0.2, 0.25) is 0 Å². The fraction of sp³-hybridized carbons (Fsp3) is 0.308. The van der Waals surface area contributed by atoms with Crippen molar-refractivity contribution in [3.8, 4) is 0 Å². The Bertz CT molecular complexity index is 660. The molecular weight excluding hydrogens is 288 g/mol. The minimum absolute atomic E-state index is 0.145. The minimum atomic E-state index is -0.469. The summed E-state index contributed by atoms with van der Waals surface area (Å²) in [7, 11) is 0. The highest BCUT2D eigenvalue weighted by Gasteiger charge is 2.28. The van der Waals surface area contributed by atoms with Gasteiger partial charge >= 0.3 is 5.69 Å². The fourth-order valence-electron chi connectivity index (χ4n) is 2.21. The van der Waals surface area contributed by atoms with E-state index in [-0.39, 0.29) is 11.5 Å². The molecule has 0 saturated carbocycles. The highest BCUT2D eigenvalue weighted by Crippen LogP contribution is 2.33. The minimum Gasteiger partial charge on any atom is -0.378 e. The molecule has 114 valence electrons. The van der Waals surface area contributed by atoms with Crippen molar-refractivity contribution in [1.29, 1.82) is 0 Å². The molecule has 0 atom stereocenters. The van der Waals surface area contributed by atoms with Gasteiger partial charge in [-0.1, -0.05) is 0 Å².